The number of halogens is 1. The highest BCUT2D eigenvalue weighted by Crippen LogP contribution is 2.26. The Morgan fingerprint density at radius 2 is 2.29 bits per heavy atom. The smallest absolute Gasteiger partial charge is 0.317 e. The molecule has 0 aliphatic heterocycles. The maximum atomic E-state index is 6.07. The topological polar surface area (TPSA) is 86.2 Å². The normalized spacial score (nSPS) is 10.2. The van der Waals surface area contributed by atoms with Crippen molar-refractivity contribution in [2.45, 2.75) is 6.54 Å². The molecule has 1 aromatic carbocycles. The van der Waals surface area contributed by atoms with Crippen molar-refractivity contribution < 1.29 is 9.15 Å². The van der Waals surface area contributed by atoms with E-state index in [9.17, 15) is 0 Å². The van der Waals surface area contributed by atoms with Crippen molar-refractivity contribution in [2.24, 2.45) is 0 Å². The second kappa shape index (κ2) is 4.92. The number of ether oxygens (including phenoxy) is 1. The molecule has 0 fully saturated rings. The lowest BCUT2D eigenvalue weighted by Gasteiger charge is -2.09. The summed E-state index contributed by atoms with van der Waals surface area (Å²) in [6.45, 7) is 0.407. The molecule has 0 saturated heterocycles. The molecule has 2 aromatic rings. The number of nitrogens with one attached hydrogen (secondary N) is 1. The number of aromatic nitrogens is 2. The van der Waals surface area contributed by atoms with Gasteiger partial charge in [0.05, 0.1) is 7.11 Å². The zero-order valence-corrected chi connectivity index (χ0v) is 9.86. The second-order valence-corrected chi connectivity index (χ2v) is 3.63. The Bertz CT molecular complexity index is 515. The van der Waals surface area contributed by atoms with Gasteiger partial charge in [0, 0.05) is 17.1 Å². The highest BCUT2D eigenvalue weighted by atomic mass is 35.5. The fourth-order valence-corrected chi connectivity index (χ4v) is 1.60. The van der Waals surface area contributed by atoms with Gasteiger partial charge in [-0.15, -0.1) is 0 Å². The molecule has 0 aliphatic rings. The molecule has 7 heteroatoms. The number of anilines is 2. The monoisotopic (exact) mass is 254 g/mol. The minimum absolute atomic E-state index is 0.0126. The maximum Gasteiger partial charge on any atom is 0.317 e. The van der Waals surface area contributed by atoms with Crippen LogP contribution in [0.15, 0.2) is 22.6 Å². The van der Waals surface area contributed by atoms with Gasteiger partial charge in [-0.25, -0.2) is 0 Å². The van der Waals surface area contributed by atoms with Crippen molar-refractivity contribution in [3.63, 3.8) is 0 Å². The van der Waals surface area contributed by atoms with E-state index < -0.39 is 0 Å². The lowest BCUT2D eigenvalue weighted by atomic mass is 10.2. The van der Waals surface area contributed by atoms with E-state index in [1.54, 1.807) is 13.2 Å². The van der Waals surface area contributed by atoms with Crippen LogP contribution in [-0.4, -0.2) is 17.3 Å². The SMILES string of the molecule is COc1cccc(Cl)c1CNc1nnc(N)o1. The average Bonchev–Trinajstić information content (AvgIpc) is 2.73. The summed E-state index contributed by atoms with van der Waals surface area (Å²) in [6.07, 6.45) is 0. The van der Waals surface area contributed by atoms with Crippen LogP contribution in [0.4, 0.5) is 12.0 Å². The highest BCUT2D eigenvalue weighted by Gasteiger charge is 2.09. The molecule has 90 valence electrons. The van der Waals surface area contributed by atoms with Gasteiger partial charge in [0.25, 0.3) is 0 Å². The summed E-state index contributed by atoms with van der Waals surface area (Å²) >= 11 is 6.07. The third-order valence-corrected chi connectivity index (χ3v) is 2.51. The van der Waals surface area contributed by atoms with E-state index in [1.807, 2.05) is 12.1 Å². The first-order valence-corrected chi connectivity index (χ1v) is 5.22. The van der Waals surface area contributed by atoms with Crippen molar-refractivity contribution in [2.75, 3.05) is 18.2 Å². The Kier molecular flexibility index (Phi) is 3.34. The first-order valence-electron chi connectivity index (χ1n) is 4.85. The quantitative estimate of drug-likeness (QED) is 0.867. The zero-order valence-electron chi connectivity index (χ0n) is 9.11. The van der Waals surface area contributed by atoms with E-state index in [1.165, 1.54) is 0 Å². The van der Waals surface area contributed by atoms with Crippen LogP contribution in [0.25, 0.3) is 0 Å². The van der Waals surface area contributed by atoms with Gasteiger partial charge < -0.3 is 20.2 Å². The fraction of sp³-hybridized carbons (Fsp3) is 0.200. The van der Waals surface area contributed by atoms with Gasteiger partial charge in [0.15, 0.2) is 0 Å². The van der Waals surface area contributed by atoms with E-state index >= 15 is 0 Å². The fourth-order valence-electron chi connectivity index (χ4n) is 1.37. The van der Waals surface area contributed by atoms with Crippen LogP contribution in [0.3, 0.4) is 0 Å². The van der Waals surface area contributed by atoms with Crippen molar-refractivity contribution in [1.82, 2.24) is 10.2 Å². The molecule has 0 aliphatic carbocycles. The van der Waals surface area contributed by atoms with Gasteiger partial charge in [0.1, 0.15) is 5.75 Å². The molecule has 6 nitrogen and oxygen atoms in total. The van der Waals surface area contributed by atoms with E-state index in [0.29, 0.717) is 17.3 Å². The molecule has 1 heterocycles. The van der Waals surface area contributed by atoms with Crippen LogP contribution >= 0.6 is 11.6 Å². The summed E-state index contributed by atoms with van der Waals surface area (Å²) in [6, 6.07) is 5.67. The summed E-state index contributed by atoms with van der Waals surface area (Å²) in [7, 11) is 1.58. The Morgan fingerprint density at radius 1 is 1.47 bits per heavy atom. The Hall–Kier alpha value is -1.95. The summed E-state index contributed by atoms with van der Waals surface area (Å²) < 4.78 is 10.2. The number of hydrogen-bond donors (Lipinski definition) is 2. The number of nitrogen functional groups attached to an aromatic ring is 1. The van der Waals surface area contributed by atoms with Gasteiger partial charge in [-0.05, 0) is 12.1 Å². The van der Waals surface area contributed by atoms with Crippen LogP contribution in [0.1, 0.15) is 5.56 Å². The molecule has 2 rings (SSSR count). The van der Waals surface area contributed by atoms with Crippen molar-refractivity contribution in [3.05, 3.63) is 28.8 Å². The number of rotatable bonds is 4. The molecule has 17 heavy (non-hydrogen) atoms. The highest BCUT2D eigenvalue weighted by molar-refractivity contribution is 6.31. The lowest BCUT2D eigenvalue weighted by molar-refractivity contribution is 0.410. The summed E-state index contributed by atoms with van der Waals surface area (Å²) in [5.41, 5.74) is 6.12. The Morgan fingerprint density at radius 3 is 2.94 bits per heavy atom. The van der Waals surface area contributed by atoms with Crippen LogP contribution in [0.5, 0.6) is 5.75 Å². The molecule has 3 N–H and O–H groups in total. The number of hydrogen-bond acceptors (Lipinski definition) is 6. The molecule has 0 unspecified atom stereocenters. The van der Waals surface area contributed by atoms with Crippen LogP contribution in [0.2, 0.25) is 5.02 Å². The van der Waals surface area contributed by atoms with Crippen molar-refractivity contribution in [3.8, 4) is 5.75 Å². The third-order valence-electron chi connectivity index (χ3n) is 2.15. The molecule has 1 aromatic heterocycles. The molecular formula is C10H11ClN4O2. The van der Waals surface area contributed by atoms with E-state index in [0.717, 1.165) is 5.56 Å². The summed E-state index contributed by atoms with van der Waals surface area (Å²) in [5, 5.41) is 10.7. The number of methoxy groups -OCH3 is 1. The lowest BCUT2D eigenvalue weighted by Crippen LogP contribution is -2.02. The minimum Gasteiger partial charge on any atom is -0.496 e. The molecule has 0 spiro atoms. The van der Waals surface area contributed by atoms with Gasteiger partial charge in [0.2, 0.25) is 0 Å². The first-order chi connectivity index (χ1) is 8.20. The van der Waals surface area contributed by atoms with Crippen LogP contribution < -0.4 is 15.8 Å². The van der Waals surface area contributed by atoms with Crippen LogP contribution in [-0.2, 0) is 6.54 Å². The summed E-state index contributed by atoms with van der Waals surface area (Å²) in [4.78, 5) is 0. The predicted molar refractivity (Wildman–Crippen MR) is 64.0 cm³/mol. The maximum absolute atomic E-state index is 6.07. The predicted octanol–water partition coefficient (Wildman–Crippen LogP) is 1.93. The van der Waals surface area contributed by atoms with Gasteiger partial charge in [-0.1, -0.05) is 27.9 Å². The molecule has 0 atom stereocenters. The Labute approximate surface area is 103 Å². The average molecular weight is 255 g/mol. The standard InChI is InChI=1S/C10H11ClN4O2/c1-16-8-4-2-3-7(11)6(8)5-13-10-15-14-9(12)17-10/h2-4H,5H2,1H3,(H2,12,14)(H,13,15). The molecule has 0 saturated carbocycles. The summed E-state index contributed by atoms with van der Waals surface area (Å²) in [5.74, 6) is 0.692. The van der Waals surface area contributed by atoms with Crippen LogP contribution in [0, 0.1) is 0 Å². The van der Waals surface area contributed by atoms with E-state index in [4.69, 9.17) is 26.5 Å². The van der Waals surface area contributed by atoms with Gasteiger partial charge >= 0.3 is 12.0 Å². The minimum atomic E-state index is 0.0126. The second-order valence-electron chi connectivity index (χ2n) is 3.22. The molecule has 0 radical (unpaired) electrons. The van der Waals surface area contributed by atoms with Crippen molar-refractivity contribution in [1.29, 1.82) is 0 Å². The Balaban J connectivity index is 2.13. The first kappa shape index (κ1) is 11.5. The third kappa shape index (κ3) is 2.59. The number of benzene rings is 1. The van der Waals surface area contributed by atoms with E-state index in [-0.39, 0.29) is 12.0 Å². The van der Waals surface area contributed by atoms with Gasteiger partial charge in [-0.2, -0.15) is 0 Å². The molecule has 0 amide bonds. The largest absolute Gasteiger partial charge is 0.496 e. The number of nitrogens with two attached hydrogens (primary N) is 1. The molecule has 0 bridgehead atoms. The molecular weight excluding hydrogens is 244 g/mol. The zero-order chi connectivity index (χ0) is 12.3. The van der Waals surface area contributed by atoms with Gasteiger partial charge in [-0.3, -0.25) is 0 Å². The van der Waals surface area contributed by atoms with Crippen molar-refractivity contribution >= 4 is 23.6 Å². The van der Waals surface area contributed by atoms with E-state index in [2.05, 4.69) is 15.5 Å². The number of nitrogens with zero attached hydrogens (tertiary/aromatic N) is 2.